The molecule has 1 N–H and O–H groups in total. The van der Waals surface area contributed by atoms with Gasteiger partial charge in [-0.05, 0) is 37.1 Å². The maximum Gasteiger partial charge on any atom is 0.270 e. The van der Waals surface area contributed by atoms with Gasteiger partial charge in [-0.1, -0.05) is 12.8 Å². The first-order valence-electron chi connectivity index (χ1n) is 8.98. The van der Waals surface area contributed by atoms with Gasteiger partial charge in [0, 0.05) is 43.0 Å². The van der Waals surface area contributed by atoms with Crippen LogP contribution in [0.5, 0.6) is 0 Å². The van der Waals surface area contributed by atoms with Gasteiger partial charge >= 0.3 is 0 Å². The molecule has 1 aliphatic heterocycles. The highest BCUT2D eigenvalue weighted by Gasteiger charge is 2.31. The maximum atomic E-state index is 13.3. The smallest absolute Gasteiger partial charge is 0.270 e. The van der Waals surface area contributed by atoms with Gasteiger partial charge in [-0.25, -0.2) is 4.39 Å². The van der Waals surface area contributed by atoms with E-state index in [1.807, 2.05) is 4.90 Å². The number of carbonyl (C=O) groups excluding carboxylic acids is 2. The van der Waals surface area contributed by atoms with Crippen molar-refractivity contribution in [1.82, 2.24) is 14.8 Å². The number of aromatic nitrogens is 1. The second-order valence-electron chi connectivity index (χ2n) is 7.01. The molecule has 5 nitrogen and oxygen atoms in total. The molecule has 2 fully saturated rings. The largest absolute Gasteiger partial charge is 0.351 e. The van der Waals surface area contributed by atoms with Crippen LogP contribution in [0.4, 0.5) is 4.39 Å². The van der Waals surface area contributed by atoms with E-state index in [2.05, 4.69) is 4.98 Å². The van der Waals surface area contributed by atoms with Gasteiger partial charge in [0.25, 0.3) is 5.91 Å². The van der Waals surface area contributed by atoms with Gasteiger partial charge in [0.05, 0.1) is 0 Å². The van der Waals surface area contributed by atoms with E-state index in [0.29, 0.717) is 37.3 Å². The third kappa shape index (κ3) is 3.13. The Morgan fingerprint density at radius 2 is 1.68 bits per heavy atom. The van der Waals surface area contributed by atoms with E-state index >= 15 is 0 Å². The summed E-state index contributed by atoms with van der Waals surface area (Å²) < 4.78 is 13.3. The van der Waals surface area contributed by atoms with Crippen LogP contribution in [0.3, 0.4) is 0 Å². The van der Waals surface area contributed by atoms with Crippen molar-refractivity contribution in [3.63, 3.8) is 0 Å². The minimum Gasteiger partial charge on any atom is -0.351 e. The molecule has 2 aromatic rings. The molecule has 2 amide bonds. The van der Waals surface area contributed by atoms with Crippen LogP contribution in [-0.4, -0.2) is 52.8 Å². The van der Waals surface area contributed by atoms with Crippen LogP contribution in [-0.2, 0) is 4.79 Å². The molecule has 1 aromatic carbocycles. The Kier molecular flexibility index (Phi) is 4.19. The summed E-state index contributed by atoms with van der Waals surface area (Å²) in [5.74, 6) is 0.0330. The predicted molar refractivity (Wildman–Crippen MR) is 92.7 cm³/mol. The minimum absolute atomic E-state index is 0.0930. The van der Waals surface area contributed by atoms with Gasteiger partial charge in [0.1, 0.15) is 11.5 Å². The van der Waals surface area contributed by atoms with Crippen molar-refractivity contribution in [3.05, 3.63) is 35.8 Å². The van der Waals surface area contributed by atoms with Crippen LogP contribution >= 0.6 is 0 Å². The molecule has 6 heteroatoms. The molecule has 4 rings (SSSR count). The van der Waals surface area contributed by atoms with Crippen molar-refractivity contribution in [3.8, 4) is 0 Å². The zero-order chi connectivity index (χ0) is 17.4. The summed E-state index contributed by atoms with van der Waals surface area (Å²) in [5, 5.41) is 0.693. The molecule has 2 heterocycles. The highest BCUT2D eigenvalue weighted by Crippen LogP contribution is 2.27. The fraction of sp³-hybridized carbons (Fsp3) is 0.474. The molecule has 132 valence electrons. The Morgan fingerprint density at radius 1 is 1.00 bits per heavy atom. The van der Waals surface area contributed by atoms with Crippen molar-refractivity contribution < 1.29 is 14.0 Å². The van der Waals surface area contributed by atoms with Gasteiger partial charge in [-0.2, -0.15) is 0 Å². The SMILES string of the molecule is O=C(c1cc2cc(F)ccc2[nH]1)N1CCN(C(=O)C2CCCC2)CC1. The number of fused-ring (bicyclic) bond motifs is 1. The summed E-state index contributed by atoms with van der Waals surface area (Å²) in [6.07, 6.45) is 4.30. The lowest BCUT2D eigenvalue weighted by Crippen LogP contribution is -2.51. The molecule has 0 spiro atoms. The van der Waals surface area contributed by atoms with Crippen molar-refractivity contribution in [1.29, 1.82) is 0 Å². The first kappa shape index (κ1) is 16.1. The molecule has 0 unspecified atom stereocenters. The van der Waals surface area contributed by atoms with Gasteiger partial charge in [-0.3, -0.25) is 9.59 Å². The third-order valence-electron chi connectivity index (χ3n) is 5.40. The van der Waals surface area contributed by atoms with Crippen LogP contribution < -0.4 is 0 Å². The Morgan fingerprint density at radius 3 is 2.40 bits per heavy atom. The average Bonchev–Trinajstić information content (AvgIpc) is 3.30. The molecule has 1 aromatic heterocycles. The number of aromatic amines is 1. The second kappa shape index (κ2) is 6.50. The number of H-pyrrole nitrogens is 1. The van der Waals surface area contributed by atoms with E-state index in [0.717, 1.165) is 31.2 Å². The zero-order valence-electron chi connectivity index (χ0n) is 14.1. The topological polar surface area (TPSA) is 56.4 Å². The van der Waals surface area contributed by atoms with Crippen molar-refractivity contribution in [2.75, 3.05) is 26.2 Å². The number of piperazine rings is 1. The number of rotatable bonds is 2. The molecule has 1 saturated carbocycles. The van der Waals surface area contributed by atoms with E-state index in [-0.39, 0.29) is 23.5 Å². The molecule has 2 aliphatic rings. The number of halogens is 1. The monoisotopic (exact) mass is 343 g/mol. The van der Waals surface area contributed by atoms with E-state index < -0.39 is 0 Å². The lowest BCUT2D eigenvalue weighted by atomic mass is 10.1. The highest BCUT2D eigenvalue weighted by atomic mass is 19.1. The minimum atomic E-state index is -0.315. The molecule has 0 bridgehead atoms. The molecular weight excluding hydrogens is 321 g/mol. The van der Waals surface area contributed by atoms with E-state index in [9.17, 15) is 14.0 Å². The van der Waals surface area contributed by atoms with Gasteiger partial charge in [-0.15, -0.1) is 0 Å². The van der Waals surface area contributed by atoms with E-state index in [1.165, 1.54) is 12.1 Å². The van der Waals surface area contributed by atoms with Crippen LogP contribution in [0.2, 0.25) is 0 Å². The van der Waals surface area contributed by atoms with Crippen LogP contribution in [0, 0.1) is 11.7 Å². The Balaban J connectivity index is 1.41. The van der Waals surface area contributed by atoms with Crippen LogP contribution in [0.15, 0.2) is 24.3 Å². The molecule has 1 saturated heterocycles. The van der Waals surface area contributed by atoms with Crippen molar-refractivity contribution in [2.45, 2.75) is 25.7 Å². The fourth-order valence-electron chi connectivity index (χ4n) is 3.95. The van der Waals surface area contributed by atoms with E-state index in [1.54, 1.807) is 17.0 Å². The van der Waals surface area contributed by atoms with Crippen LogP contribution in [0.1, 0.15) is 36.2 Å². The lowest BCUT2D eigenvalue weighted by Gasteiger charge is -2.35. The lowest BCUT2D eigenvalue weighted by molar-refractivity contribution is -0.136. The highest BCUT2D eigenvalue weighted by molar-refractivity contribution is 5.98. The van der Waals surface area contributed by atoms with Crippen LogP contribution in [0.25, 0.3) is 10.9 Å². The Labute approximate surface area is 145 Å². The predicted octanol–water partition coefficient (Wildman–Crippen LogP) is 2.78. The normalized spacial score (nSPS) is 18.9. The zero-order valence-corrected chi connectivity index (χ0v) is 14.1. The molecular formula is C19H22FN3O2. The average molecular weight is 343 g/mol. The number of hydrogen-bond acceptors (Lipinski definition) is 2. The number of nitrogens with zero attached hydrogens (tertiary/aromatic N) is 2. The second-order valence-corrected chi connectivity index (χ2v) is 7.01. The molecule has 25 heavy (non-hydrogen) atoms. The van der Waals surface area contributed by atoms with Gasteiger partial charge < -0.3 is 14.8 Å². The Hall–Kier alpha value is -2.37. The molecule has 1 aliphatic carbocycles. The standard InChI is InChI=1S/C19H22FN3O2/c20-15-5-6-16-14(11-15)12-17(21-16)19(25)23-9-7-22(8-10-23)18(24)13-3-1-2-4-13/h5-6,11-13,21H,1-4,7-10H2. The summed E-state index contributed by atoms with van der Waals surface area (Å²) >= 11 is 0. The number of benzene rings is 1. The summed E-state index contributed by atoms with van der Waals surface area (Å²) in [7, 11) is 0. The number of carbonyl (C=O) groups is 2. The number of nitrogens with one attached hydrogen (secondary N) is 1. The Bertz CT molecular complexity index is 802. The fourth-order valence-corrected chi connectivity index (χ4v) is 3.95. The maximum absolute atomic E-state index is 13.3. The van der Waals surface area contributed by atoms with Crippen molar-refractivity contribution in [2.24, 2.45) is 5.92 Å². The third-order valence-corrected chi connectivity index (χ3v) is 5.40. The first-order chi connectivity index (χ1) is 12.1. The van der Waals surface area contributed by atoms with E-state index in [4.69, 9.17) is 0 Å². The molecule has 0 atom stereocenters. The van der Waals surface area contributed by atoms with Gasteiger partial charge in [0.15, 0.2) is 0 Å². The number of hydrogen-bond donors (Lipinski definition) is 1. The quantitative estimate of drug-likeness (QED) is 0.912. The summed E-state index contributed by atoms with van der Waals surface area (Å²) in [4.78, 5) is 31.9. The summed E-state index contributed by atoms with van der Waals surface area (Å²) in [6.45, 7) is 2.27. The first-order valence-corrected chi connectivity index (χ1v) is 8.98. The van der Waals surface area contributed by atoms with Gasteiger partial charge in [0.2, 0.25) is 5.91 Å². The molecule has 0 radical (unpaired) electrons. The summed E-state index contributed by atoms with van der Waals surface area (Å²) in [5.41, 5.74) is 1.22. The summed E-state index contributed by atoms with van der Waals surface area (Å²) in [6, 6.07) is 6.12. The van der Waals surface area contributed by atoms with Crippen molar-refractivity contribution >= 4 is 22.7 Å². The number of amides is 2.